The van der Waals surface area contributed by atoms with E-state index in [9.17, 15) is 9.59 Å². The van der Waals surface area contributed by atoms with Crippen molar-refractivity contribution in [3.63, 3.8) is 0 Å². The first-order valence-electron chi connectivity index (χ1n) is 11.6. The lowest BCUT2D eigenvalue weighted by Gasteiger charge is -2.36. The quantitative estimate of drug-likeness (QED) is 0.478. The highest BCUT2D eigenvalue weighted by Crippen LogP contribution is 2.32. The molecule has 1 aliphatic heterocycles. The maximum absolute atomic E-state index is 13.4. The molecule has 34 heavy (non-hydrogen) atoms. The monoisotopic (exact) mass is 480 g/mol. The summed E-state index contributed by atoms with van der Waals surface area (Å²) in [4.78, 5) is 34.6. The molecule has 0 saturated carbocycles. The summed E-state index contributed by atoms with van der Waals surface area (Å²) in [5, 5.41) is 4.70. The Bertz CT molecular complexity index is 1160. The first-order valence-corrected chi connectivity index (χ1v) is 12.0. The average molecular weight is 481 g/mol. The normalized spacial score (nSPS) is 16.0. The highest BCUT2D eigenvalue weighted by molar-refractivity contribution is 6.30. The SMILES string of the molecule is Cc1ccc(C(=O)N(CC(=O)N2CCCCC2c2nc(-c3cccc(Cl)c3)no2)C(C)C)cc1. The van der Waals surface area contributed by atoms with E-state index in [1.807, 2.05) is 45.0 Å². The van der Waals surface area contributed by atoms with Crippen molar-refractivity contribution < 1.29 is 14.1 Å². The molecule has 1 aliphatic rings. The number of amides is 2. The van der Waals surface area contributed by atoms with Crippen molar-refractivity contribution in [2.24, 2.45) is 0 Å². The fraction of sp³-hybridized carbons (Fsp3) is 0.385. The predicted octanol–water partition coefficient (Wildman–Crippen LogP) is 5.30. The van der Waals surface area contributed by atoms with Gasteiger partial charge >= 0.3 is 0 Å². The van der Waals surface area contributed by atoms with Crippen LogP contribution in [-0.4, -0.2) is 50.9 Å². The standard InChI is InChI=1S/C26H29ClN4O3/c1-17(2)31(26(33)19-12-10-18(3)11-13-19)16-23(32)30-14-5-4-9-22(30)25-28-24(29-34-25)20-7-6-8-21(27)15-20/h6-8,10-13,15,17,22H,4-5,9,14,16H2,1-3H3. The molecule has 2 amide bonds. The third kappa shape index (κ3) is 5.30. The Morgan fingerprint density at radius 3 is 2.65 bits per heavy atom. The van der Waals surface area contributed by atoms with Gasteiger partial charge in [0, 0.05) is 28.7 Å². The zero-order valence-electron chi connectivity index (χ0n) is 19.7. The van der Waals surface area contributed by atoms with Gasteiger partial charge in [0.05, 0.1) is 0 Å². The summed E-state index contributed by atoms with van der Waals surface area (Å²) in [7, 11) is 0. The van der Waals surface area contributed by atoms with Gasteiger partial charge in [-0.05, 0) is 64.3 Å². The van der Waals surface area contributed by atoms with E-state index in [1.165, 1.54) is 0 Å². The lowest BCUT2D eigenvalue weighted by atomic mass is 10.0. The molecule has 1 saturated heterocycles. The average Bonchev–Trinajstić information content (AvgIpc) is 3.32. The molecule has 0 radical (unpaired) electrons. The Morgan fingerprint density at radius 1 is 1.18 bits per heavy atom. The molecule has 4 rings (SSSR count). The van der Waals surface area contributed by atoms with E-state index in [-0.39, 0.29) is 30.4 Å². The number of halogens is 1. The topological polar surface area (TPSA) is 79.5 Å². The van der Waals surface area contributed by atoms with Crippen molar-refractivity contribution in [3.8, 4) is 11.4 Å². The van der Waals surface area contributed by atoms with Crippen LogP contribution >= 0.6 is 11.6 Å². The van der Waals surface area contributed by atoms with Crippen molar-refractivity contribution in [2.75, 3.05) is 13.1 Å². The number of hydrogen-bond donors (Lipinski definition) is 0. The van der Waals surface area contributed by atoms with Crippen molar-refractivity contribution in [1.29, 1.82) is 0 Å². The van der Waals surface area contributed by atoms with Gasteiger partial charge in [0.15, 0.2) is 0 Å². The second-order valence-corrected chi connectivity index (χ2v) is 9.39. The van der Waals surface area contributed by atoms with Crippen molar-refractivity contribution in [1.82, 2.24) is 19.9 Å². The maximum Gasteiger partial charge on any atom is 0.254 e. The highest BCUT2D eigenvalue weighted by atomic mass is 35.5. The van der Waals surface area contributed by atoms with Gasteiger partial charge in [-0.1, -0.05) is 46.6 Å². The van der Waals surface area contributed by atoms with Crippen LogP contribution in [0.5, 0.6) is 0 Å². The fourth-order valence-corrected chi connectivity index (χ4v) is 4.38. The van der Waals surface area contributed by atoms with Gasteiger partial charge in [-0.2, -0.15) is 4.98 Å². The lowest BCUT2D eigenvalue weighted by molar-refractivity contribution is -0.136. The number of nitrogens with zero attached hydrogens (tertiary/aromatic N) is 4. The molecule has 1 aromatic heterocycles. The van der Waals surface area contributed by atoms with Crippen LogP contribution in [0, 0.1) is 6.92 Å². The molecule has 0 spiro atoms. The van der Waals surface area contributed by atoms with E-state index in [0.29, 0.717) is 28.8 Å². The van der Waals surface area contributed by atoms with Gasteiger partial charge in [0.2, 0.25) is 17.6 Å². The zero-order chi connectivity index (χ0) is 24.2. The fourth-order valence-electron chi connectivity index (χ4n) is 4.19. The maximum atomic E-state index is 13.4. The van der Waals surface area contributed by atoms with Crippen LogP contribution < -0.4 is 0 Å². The van der Waals surface area contributed by atoms with E-state index in [4.69, 9.17) is 16.1 Å². The minimum atomic E-state index is -0.315. The molecule has 0 bridgehead atoms. The van der Waals surface area contributed by atoms with E-state index in [2.05, 4.69) is 10.1 Å². The third-order valence-corrected chi connectivity index (χ3v) is 6.36. The Hall–Kier alpha value is -3.19. The minimum absolute atomic E-state index is 0.00381. The summed E-state index contributed by atoms with van der Waals surface area (Å²) >= 11 is 6.10. The van der Waals surface area contributed by atoms with E-state index < -0.39 is 0 Å². The van der Waals surface area contributed by atoms with Gasteiger partial charge in [-0.15, -0.1) is 0 Å². The summed E-state index contributed by atoms with van der Waals surface area (Å²) in [6, 6.07) is 14.2. The molecular formula is C26H29ClN4O3. The first kappa shape index (κ1) is 24.0. The molecule has 0 aliphatic carbocycles. The molecule has 1 fully saturated rings. The Labute approximate surface area is 204 Å². The van der Waals surface area contributed by atoms with Crippen LogP contribution in [-0.2, 0) is 4.79 Å². The smallest absolute Gasteiger partial charge is 0.254 e. The number of hydrogen-bond acceptors (Lipinski definition) is 5. The van der Waals surface area contributed by atoms with Crippen LogP contribution in [0.25, 0.3) is 11.4 Å². The predicted molar refractivity (Wildman–Crippen MR) is 130 cm³/mol. The van der Waals surface area contributed by atoms with Crippen molar-refractivity contribution >= 4 is 23.4 Å². The number of aromatic nitrogens is 2. The summed E-state index contributed by atoms with van der Waals surface area (Å²) in [5.74, 6) is 0.567. The molecule has 7 nitrogen and oxygen atoms in total. The Morgan fingerprint density at radius 2 is 1.94 bits per heavy atom. The number of piperidine rings is 1. The lowest BCUT2D eigenvalue weighted by Crippen LogP contribution is -2.48. The first-order chi connectivity index (χ1) is 16.3. The molecule has 0 N–H and O–H groups in total. The van der Waals surface area contributed by atoms with Crippen molar-refractivity contribution in [2.45, 2.75) is 52.1 Å². The second-order valence-electron chi connectivity index (χ2n) is 8.96. The van der Waals surface area contributed by atoms with E-state index in [1.54, 1.807) is 34.1 Å². The number of carbonyl (C=O) groups excluding carboxylic acids is 2. The summed E-state index contributed by atoms with van der Waals surface area (Å²) in [5.41, 5.74) is 2.41. The van der Waals surface area contributed by atoms with Crippen LogP contribution in [0.4, 0.5) is 0 Å². The Kier molecular flexibility index (Phi) is 7.32. The number of likely N-dealkylation sites (tertiary alicyclic amines) is 1. The van der Waals surface area contributed by atoms with E-state index in [0.717, 1.165) is 30.4 Å². The number of carbonyl (C=O) groups is 2. The van der Waals surface area contributed by atoms with Crippen LogP contribution in [0.1, 0.15) is 61.0 Å². The van der Waals surface area contributed by atoms with Gasteiger partial charge in [-0.25, -0.2) is 0 Å². The molecule has 178 valence electrons. The Balaban J connectivity index is 1.53. The van der Waals surface area contributed by atoms with E-state index >= 15 is 0 Å². The molecular weight excluding hydrogens is 452 g/mol. The van der Waals surface area contributed by atoms with Crippen LogP contribution in [0.3, 0.4) is 0 Å². The molecule has 2 aromatic carbocycles. The summed E-state index contributed by atoms with van der Waals surface area (Å²) in [6.45, 7) is 6.40. The van der Waals surface area contributed by atoms with Gasteiger partial charge < -0.3 is 14.3 Å². The van der Waals surface area contributed by atoms with Crippen LogP contribution in [0.2, 0.25) is 5.02 Å². The third-order valence-electron chi connectivity index (χ3n) is 6.12. The highest BCUT2D eigenvalue weighted by Gasteiger charge is 2.34. The number of benzene rings is 2. The number of rotatable bonds is 6. The van der Waals surface area contributed by atoms with Crippen LogP contribution in [0.15, 0.2) is 53.1 Å². The number of aryl methyl sites for hydroxylation is 1. The van der Waals surface area contributed by atoms with Gasteiger partial charge in [-0.3, -0.25) is 9.59 Å². The zero-order valence-corrected chi connectivity index (χ0v) is 20.5. The second kappa shape index (κ2) is 10.4. The van der Waals surface area contributed by atoms with Gasteiger partial charge in [0.25, 0.3) is 5.91 Å². The molecule has 1 unspecified atom stereocenters. The van der Waals surface area contributed by atoms with Gasteiger partial charge in [0.1, 0.15) is 12.6 Å². The minimum Gasteiger partial charge on any atom is -0.337 e. The molecule has 1 atom stereocenters. The van der Waals surface area contributed by atoms with Crippen molar-refractivity contribution in [3.05, 3.63) is 70.6 Å². The summed E-state index contributed by atoms with van der Waals surface area (Å²) in [6.07, 6.45) is 2.58. The largest absolute Gasteiger partial charge is 0.337 e. The molecule has 8 heteroatoms. The molecule has 2 heterocycles. The summed E-state index contributed by atoms with van der Waals surface area (Å²) < 4.78 is 5.58. The molecule has 3 aromatic rings.